The molecule has 3 aromatic carbocycles. The summed E-state index contributed by atoms with van der Waals surface area (Å²) in [7, 11) is -0.776. The van der Waals surface area contributed by atoms with E-state index in [1.807, 2.05) is 54.7 Å². The summed E-state index contributed by atoms with van der Waals surface area (Å²) >= 11 is 0. The number of aromatic nitrogens is 1. The van der Waals surface area contributed by atoms with E-state index >= 15 is 0 Å². The van der Waals surface area contributed by atoms with Crippen LogP contribution in [0.3, 0.4) is 0 Å². The molecule has 2 unspecified atom stereocenters. The van der Waals surface area contributed by atoms with Crippen LogP contribution in [0.2, 0.25) is 0 Å². The first-order valence-electron chi connectivity index (χ1n) is 15.0. The smallest absolute Gasteiger partial charge is 0.286 e. The third-order valence-electron chi connectivity index (χ3n) is 7.85. The summed E-state index contributed by atoms with van der Waals surface area (Å²) in [6, 6.07) is 21.6. The van der Waals surface area contributed by atoms with Crippen molar-refractivity contribution in [2.45, 2.75) is 29.9 Å². The maximum Gasteiger partial charge on any atom is 0.286 e. The summed E-state index contributed by atoms with van der Waals surface area (Å²) in [5.74, 6) is 0.914. The van der Waals surface area contributed by atoms with Crippen LogP contribution >= 0.6 is 0 Å². The van der Waals surface area contributed by atoms with E-state index in [-0.39, 0.29) is 48.8 Å². The number of carbonyl (C=O) groups is 1. The van der Waals surface area contributed by atoms with Crippen LogP contribution < -0.4 is 14.8 Å². The lowest BCUT2D eigenvalue weighted by Gasteiger charge is -2.30. The van der Waals surface area contributed by atoms with Crippen molar-refractivity contribution in [1.82, 2.24) is 14.6 Å². The minimum atomic E-state index is -3.90. The molecule has 3 N–H and O–H groups in total. The van der Waals surface area contributed by atoms with Gasteiger partial charge in [-0.1, -0.05) is 30.3 Å². The van der Waals surface area contributed by atoms with Gasteiger partial charge in [0, 0.05) is 49.1 Å². The van der Waals surface area contributed by atoms with Gasteiger partial charge in [-0.05, 0) is 66.1 Å². The van der Waals surface area contributed by atoms with Gasteiger partial charge in [-0.3, -0.25) is 4.79 Å². The number of benzene rings is 3. The second-order valence-electron chi connectivity index (χ2n) is 10.7. The topological polar surface area (TPSA) is 139 Å². The fourth-order valence-corrected chi connectivity index (χ4v) is 6.80. The van der Waals surface area contributed by atoms with Crippen molar-refractivity contribution in [3.05, 3.63) is 102 Å². The Kier molecular flexibility index (Phi) is 11.0. The minimum Gasteiger partial charge on any atom is -0.497 e. The molecule has 4 aromatic rings. The van der Waals surface area contributed by atoms with Crippen molar-refractivity contribution in [2.75, 3.05) is 47.1 Å². The van der Waals surface area contributed by atoms with E-state index in [1.165, 1.54) is 19.2 Å². The fourth-order valence-electron chi connectivity index (χ4n) is 5.39. The lowest BCUT2D eigenvalue weighted by Crippen LogP contribution is -2.38. The monoisotopic (exact) mass is 649 g/mol. The molecule has 1 aliphatic heterocycles. The summed E-state index contributed by atoms with van der Waals surface area (Å²) in [5.41, 5.74) is 3.04. The number of sulfonamides is 1. The molecule has 1 amide bonds. The van der Waals surface area contributed by atoms with Crippen LogP contribution in [0.15, 0.2) is 95.7 Å². The van der Waals surface area contributed by atoms with Crippen molar-refractivity contribution in [1.29, 1.82) is 0 Å². The van der Waals surface area contributed by atoms with Gasteiger partial charge in [0.2, 0.25) is 16.3 Å². The molecule has 2 heterocycles. The zero-order valence-electron chi connectivity index (χ0n) is 25.8. The van der Waals surface area contributed by atoms with E-state index in [2.05, 4.69) is 10.3 Å². The van der Waals surface area contributed by atoms with Gasteiger partial charge in [0.05, 0.1) is 32.3 Å². The number of nitrogens with zero attached hydrogens (tertiary/aromatic N) is 1. The standard InChI is InChI=1S/C34H39N3O8S/c1-42-27-8-11-29(12-9-27)46(40,41)37(16-18-38)17-19-44-33-21-26(24-6-4-3-5-7-24)20-32(45-33)34(39)35-15-14-25-23-36-31-13-10-28(43-2)22-30(25)31/h3-13,20,22-23,26,33,36,38H,14-19,21H2,1-2H3,(H,35,39). The molecular weight excluding hydrogens is 610 g/mol. The van der Waals surface area contributed by atoms with E-state index in [4.69, 9.17) is 18.9 Å². The number of hydrogen-bond donors (Lipinski definition) is 3. The Morgan fingerprint density at radius 1 is 1.02 bits per heavy atom. The average Bonchev–Trinajstić information content (AvgIpc) is 3.50. The predicted molar refractivity (Wildman–Crippen MR) is 173 cm³/mol. The zero-order chi connectivity index (χ0) is 32.5. The maximum absolute atomic E-state index is 13.3. The largest absolute Gasteiger partial charge is 0.497 e. The summed E-state index contributed by atoms with van der Waals surface area (Å²) < 4.78 is 50.3. The Morgan fingerprint density at radius 2 is 1.76 bits per heavy atom. The first kappa shape index (κ1) is 33.0. The molecule has 0 fully saturated rings. The molecule has 5 rings (SSSR count). The second kappa shape index (κ2) is 15.3. The second-order valence-corrected chi connectivity index (χ2v) is 12.7. The van der Waals surface area contributed by atoms with Gasteiger partial charge in [0.1, 0.15) is 11.5 Å². The summed E-state index contributed by atoms with van der Waals surface area (Å²) in [6.07, 6.45) is 3.96. The summed E-state index contributed by atoms with van der Waals surface area (Å²) in [4.78, 5) is 16.6. The van der Waals surface area contributed by atoms with Gasteiger partial charge in [0.15, 0.2) is 5.76 Å². The molecular formula is C34H39N3O8S. The van der Waals surface area contributed by atoms with Crippen LogP contribution in [0.5, 0.6) is 11.5 Å². The molecule has 0 saturated heterocycles. The van der Waals surface area contributed by atoms with Crippen LogP contribution in [0.25, 0.3) is 10.9 Å². The third kappa shape index (κ3) is 7.88. The van der Waals surface area contributed by atoms with Crippen molar-refractivity contribution in [2.24, 2.45) is 0 Å². The number of nitrogens with one attached hydrogen (secondary N) is 2. The number of methoxy groups -OCH3 is 2. The quantitative estimate of drug-likeness (QED) is 0.176. The number of ether oxygens (including phenoxy) is 4. The number of amides is 1. The molecule has 0 radical (unpaired) electrons. The lowest BCUT2D eigenvalue weighted by molar-refractivity contribution is -0.146. The highest BCUT2D eigenvalue weighted by Gasteiger charge is 2.30. The number of rotatable bonds is 15. The molecule has 1 aliphatic rings. The van der Waals surface area contributed by atoms with Crippen LogP contribution in [-0.2, 0) is 30.7 Å². The normalized spacial score (nSPS) is 16.6. The van der Waals surface area contributed by atoms with Gasteiger partial charge in [-0.15, -0.1) is 0 Å². The maximum atomic E-state index is 13.3. The van der Waals surface area contributed by atoms with E-state index < -0.39 is 16.3 Å². The minimum absolute atomic E-state index is 0.0134. The lowest BCUT2D eigenvalue weighted by atomic mass is 9.93. The summed E-state index contributed by atoms with van der Waals surface area (Å²) in [5, 5.41) is 13.6. The van der Waals surface area contributed by atoms with E-state index in [9.17, 15) is 18.3 Å². The molecule has 0 spiro atoms. The van der Waals surface area contributed by atoms with E-state index in [0.29, 0.717) is 25.1 Å². The molecule has 2 atom stereocenters. The third-order valence-corrected chi connectivity index (χ3v) is 9.77. The summed E-state index contributed by atoms with van der Waals surface area (Å²) in [6.45, 7) is -0.117. The molecule has 46 heavy (non-hydrogen) atoms. The Hall–Kier alpha value is -4.36. The molecule has 0 aliphatic carbocycles. The first-order chi connectivity index (χ1) is 22.3. The van der Waals surface area contributed by atoms with Crippen LogP contribution in [0.1, 0.15) is 23.5 Å². The predicted octanol–water partition coefficient (Wildman–Crippen LogP) is 3.96. The van der Waals surface area contributed by atoms with Crippen molar-refractivity contribution in [3.8, 4) is 11.5 Å². The Labute approximate surface area is 268 Å². The Balaban J connectivity index is 1.23. The number of allylic oxidation sites excluding steroid dienone is 1. The highest BCUT2D eigenvalue weighted by Crippen LogP contribution is 2.32. The van der Waals surface area contributed by atoms with Gasteiger partial charge in [-0.25, -0.2) is 8.42 Å². The fraction of sp³-hybridized carbons (Fsp3) is 0.324. The zero-order valence-corrected chi connectivity index (χ0v) is 26.7. The van der Waals surface area contributed by atoms with Crippen LogP contribution in [0.4, 0.5) is 0 Å². The molecule has 244 valence electrons. The van der Waals surface area contributed by atoms with Crippen molar-refractivity contribution < 1.29 is 37.3 Å². The average molecular weight is 650 g/mol. The first-order valence-corrected chi connectivity index (χ1v) is 16.5. The number of fused-ring (bicyclic) bond motifs is 1. The van der Waals surface area contributed by atoms with Crippen molar-refractivity contribution in [3.63, 3.8) is 0 Å². The number of aliphatic hydroxyl groups is 1. The van der Waals surface area contributed by atoms with Crippen LogP contribution in [-0.4, -0.2) is 82.1 Å². The highest BCUT2D eigenvalue weighted by atomic mass is 32.2. The number of carbonyl (C=O) groups excluding carboxylic acids is 1. The SMILES string of the molecule is COc1ccc(S(=O)(=O)N(CCO)CCOC2CC(c3ccccc3)C=C(C(=O)NCCc3c[nH]c4ccc(OC)cc34)O2)cc1. The van der Waals surface area contributed by atoms with Gasteiger partial charge >= 0.3 is 0 Å². The Bertz CT molecular complexity index is 1740. The highest BCUT2D eigenvalue weighted by molar-refractivity contribution is 7.89. The van der Waals surface area contributed by atoms with Gasteiger partial charge in [0.25, 0.3) is 5.91 Å². The van der Waals surface area contributed by atoms with Gasteiger partial charge in [-0.2, -0.15) is 4.31 Å². The number of aromatic amines is 1. The number of H-pyrrole nitrogens is 1. The van der Waals surface area contributed by atoms with Crippen molar-refractivity contribution >= 4 is 26.8 Å². The van der Waals surface area contributed by atoms with Crippen LogP contribution in [0, 0.1) is 0 Å². The number of hydrogen-bond acceptors (Lipinski definition) is 8. The molecule has 11 nitrogen and oxygen atoms in total. The molecule has 0 bridgehead atoms. The number of aliphatic hydroxyl groups excluding tert-OH is 1. The Morgan fingerprint density at radius 3 is 2.48 bits per heavy atom. The molecule has 1 aromatic heterocycles. The van der Waals surface area contributed by atoms with Gasteiger partial charge < -0.3 is 34.4 Å². The van der Waals surface area contributed by atoms with E-state index in [0.717, 1.165) is 32.1 Å². The molecule has 12 heteroatoms. The van der Waals surface area contributed by atoms with E-state index in [1.54, 1.807) is 25.3 Å². The molecule has 0 saturated carbocycles.